The van der Waals surface area contributed by atoms with Gasteiger partial charge in [-0.05, 0) is 57.7 Å². The summed E-state index contributed by atoms with van der Waals surface area (Å²) in [6, 6.07) is 2.19. The van der Waals surface area contributed by atoms with Crippen LogP contribution in [0.3, 0.4) is 0 Å². The Hall–Kier alpha value is -1.89. The fourth-order valence-corrected chi connectivity index (χ4v) is 4.95. The molecule has 3 aliphatic rings. The zero-order chi connectivity index (χ0) is 19.0. The smallest absolute Gasteiger partial charge is 0.274 e. The Morgan fingerprint density at radius 1 is 1.26 bits per heavy atom. The van der Waals surface area contributed by atoms with E-state index in [-0.39, 0.29) is 11.3 Å². The van der Waals surface area contributed by atoms with Gasteiger partial charge in [0.2, 0.25) is 5.91 Å². The van der Waals surface area contributed by atoms with E-state index < -0.39 is 0 Å². The molecular formula is C20H31N5O2. The molecule has 1 spiro atoms. The molecule has 1 aromatic heterocycles. The van der Waals surface area contributed by atoms with E-state index in [2.05, 4.69) is 21.9 Å². The van der Waals surface area contributed by atoms with Gasteiger partial charge >= 0.3 is 0 Å². The van der Waals surface area contributed by atoms with Gasteiger partial charge in [-0.2, -0.15) is 5.10 Å². The third-order valence-corrected chi connectivity index (χ3v) is 6.80. The summed E-state index contributed by atoms with van der Waals surface area (Å²) in [6.07, 6.45) is 6.55. The molecule has 0 radical (unpaired) electrons. The van der Waals surface area contributed by atoms with Crippen LogP contribution < -0.4 is 0 Å². The van der Waals surface area contributed by atoms with Crippen LogP contribution in [0, 0.1) is 5.41 Å². The maximum absolute atomic E-state index is 12.7. The van der Waals surface area contributed by atoms with Crippen molar-refractivity contribution in [1.82, 2.24) is 24.5 Å². The molecule has 0 aliphatic carbocycles. The Bertz CT molecular complexity index is 707. The van der Waals surface area contributed by atoms with Crippen molar-refractivity contribution in [2.75, 3.05) is 39.8 Å². The highest BCUT2D eigenvalue weighted by Gasteiger charge is 2.44. The van der Waals surface area contributed by atoms with Crippen LogP contribution in [-0.4, -0.2) is 82.1 Å². The minimum absolute atomic E-state index is 0.0400. The van der Waals surface area contributed by atoms with E-state index in [1.54, 1.807) is 4.68 Å². The zero-order valence-corrected chi connectivity index (χ0v) is 16.6. The molecule has 0 unspecified atom stereocenters. The average Bonchev–Trinajstić information content (AvgIpc) is 3.33. The lowest BCUT2D eigenvalue weighted by atomic mass is 9.72. The largest absolute Gasteiger partial charge is 0.338 e. The molecule has 4 rings (SSSR count). The van der Waals surface area contributed by atoms with Gasteiger partial charge in [-0.1, -0.05) is 0 Å². The molecule has 7 nitrogen and oxygen atoms in total. The Balaban J connectivity index is 1.38. The number of amides is 2. The molecule has 1 atom stereocenters. The van der Waals surface area contributed by atoms with Gasteiger partial charge in [-0.25, -0.2) is 0 Å². The van der Waals surface area contributed by atoms with Crippen LogP contribution in [-0.2, 0) is 11.3 Å². The van der Waals surface area contributed by atoms with Crippen molar-refractivity contribution in [1.29, 1.82) is 0 Å². The lowest BCUT2D eigenvalue weighted by molar-refractivity contribution is -0.141. The predicted molar refractivity (Wildman–Crippen MR) is 102 cm³/mol. The van der Waals surface area contributed by atoms with Crippen LogP contribution in [0.1, 0.15) is 49.5 Å². The predicted octanol–water partition coefficient (Wildman–Crippen LogP) is 1.45. The van der Waals surface area contributed by atoms with Gasteiger partial charge in [0.05, 0.1) is 0 Å². The topological polar surface area (TPSA) is 61.7 Å². The van der Waals surface area contributed by atoms with Gasteiger partial charge in [-0.3, -0.25) is 14.3 Å². The van der Waals surface area contributed by atoms with E-state index in [9.17, 15) is 9.59 Å². The lowest BCUT2D eigenvalue weighted by Gasteiger charge is -2.48. The van der Waals surface area contributed by atoms with Crippen LogP contribution in [0.4, 0.5) is 0 Å². The van der Waals surface area contributed by atoms with Crippen molar-refractivity contribution >= 4 is 11.8 Å². The minimum atomic E-state index is 0.0400. The van der Waals surface area contributed by atoms with E-state index in [1.165, 1.54) is 0 Å². The molecule has 3 saturated heterocycles. The van der Waals surface area contributed by atoms with Gasteiger partial charge in [0.1, 0.15) is 5.69 Å². The number of aryl methyl sites for hydroxylation is 1. The first-order valence-corrected chi connectivity index (χ1v) is 10.3. The number of carbonyl (C=O) groups excluding carboxylic acids is 2. The van der Waals surface area contributed by atoms with E-state index in [0.29, 0.717) is 24.1 Å². The number of aromatic nitrogens is 2. The van der Waals surface area contributed by atoms with E-state index in [4.69, 9.17) is 0 Å². The Kier molecular flexibility index (Phi) is 4.97. The third-order valence-electron chi connectivity index (χ3n) is 6.80. The first-order chi connectivity index (χ1) is 13.0. The van der Waals surface area contributed by atoms with Gasteiger partial charge in [0.25, 0.3) is 5.91 Å². The summed E-state index contributed by atoms with van der Waals surface area (Å²) in [4.78, 5) is 31.7. The summed E-state index contributed by atoms with van der Waals surface area (Å²) in [6.45, 7) is 7.27. The van der Waals surface area contributed by atoms with Gasteiger partial charge in [0, 0.05) is 51.4 Å². The summed E-state index contributed by atoms with van der Waals surface area (Å²) in [5, 5.41) is 4.36. The maximum Gasteiger partial charge on any atom is 0.274 e. The van der Waals surface area contributed by atoms with Crippen molar-refractivity contribution < 1.29 is 9.59 Å². The van der Waals surface area contributed by atoms with Crippen molar-refractivity contribution in [2.45, 2.75) is 51.6 Å². The number of hydrogen-bond donors (Lipinski definition) is 0. The summed E-state index contributed by atoms with van der Waals surface area (Å²) in [5.74, 6) is 0.364. The molecule has 148 valence electrons. The normalized spacial score (nSPS) is 26.1. The molecule has 27 heavy (non-hydrogen) atoms. The monoisotopic (exact) mass is 373 g/mol. The Labute approximate surface area is 161 Å². The summed E-state index contributed by atoms with van der Waals surface area (Å²) in [5.41, 5.74) is 0.733. The lowest BCUT2D eigenvalue weighted by Crippen LogP contribution is -2.55. The van der Waals surface area contributed by atoms with Crippen LogP contribution in [0.5, 0.6) is 0 Å². The molecule has 0 saturated carbocycles. The number of piperidine rings is 2. The molecule has 4 heterocycles. The van der Waals surface area contributed by atoms with Crippen LogP contribution in [0.2, 0.25) is 0 Å². The van der Waals surface area contributed by atoms with E-state index >= 15 is 0 Å². The maximum atomic E-state index is 12.7. The Morgan fingerprint density at radius 3 is 2.67 bits per heavy atom. The Morgan fingerprint density at radius 2 is 2.04 bits per heavy atom. The standard InChI is InChI=1S/C20H31N5O2/c1-3-24-11-6-17(21-24)19(27)23-12-8-20(9-13-23)7-4-18(26)25(15-20)16-5-10-22(2)14-16/h6,11,16H,3-5,7-10,12-15H2,1-2H3/t16-/m1/s1. The molecule has 2 amide bonds. The van der Waals surface area contributed by atoms with Crippen LogP contribution >= 0.6 is 0 Å². The van der Waals surface area contributed by atoms with Gasteiger partial charge in [-0.15, -0.1) is 0 Å². The second kappa shape index (κ2) is 7.26. The molecule has 3 fully saturated rings. The summed E-state index contributed by atoms with van der Waals surface area (Å²) >= 11 is 0. The zero-order valence-electron chi connectivity index (χ0n) is 16.6. The number of rotatable bonds is 3. The first kappa shape index (κ1) is 18.5. The molecule has 0 aromatic carbocycles. The highest BCUT2D eigenvalue weighted by Crippen LogP contribution is 2.41. The number of nitrogens with zero attached hydrogens (tertiary/aromatic N) is 5. The van der Waals surface area contributed by atoms with Gasteiger partial charge in [0.15, 0.2) is 0 Å². The molecule has 3 aliphatic heterocycles. The summed E-state index contributed by atoms with van der Waals surface area (Å²) in [7, 11) is 2.13. The number of likely N-dealkylation sites (N-methyl/N-ethyl adjacent to an activating group) is 1. The van der Waals surface area contributed by atoms with Crippen LogP contribution in [0.25, 0.3) is 0 Å². The summed E-state index contributed by atoms with van der Waals surface area (Å²) < 4.78 is 1.79. The molecule has 7 heteroatoms. The van der Waals surface area contributed by atoms with E-state index in [1.807, 2.05) is 24.1 Å². The number of likely N-dealkylation sites (tertiary alicyclic amines) is 3. The number of carbonyl (C=O) groups is 2. The highest BCUT2D eigenvalue weighted by atomic mass is 16.2. The second-order valence-corrected chi connectivity index (χ2v) is 8.58. The average molecular weight is 374 g/mol. The van der Waals surface area contributed by atoms with Crippen molar-refractivity contribution in [2.24, 2.45) is 5.41 Å². The van der Waals surface area contributed by atoms with Gasteiger partial charge < -0.3 is 14.7 Å². The van der Waals surface area contributed by atoms with Crippen molar-refractivity contribution in [3.05, 3.63) is 18.0 Å². The molecule has 1 aromatic rings. The second-order valence-electron chi connectivity index (χ2n) is 8.58. The minimum Gasteiger partial charge on any atom is -0.338 e. The number of hydrogen-bond acceptors (Lipinski definition) is 4. The van der Waals surface area contributed by atoms with Crippen LogP contribution in [0.15, 0.2) is 12.3 Å². The van der Waals surface area contributed by atoms with E-state index in [0.717, 1.165) is 65.0 Å². The van der Waals surface area contributed by atoms with Crippen molar-refractivity contribution in [3.8, 4) is 0 Å². The van der Waals surface area contributed by atoms with Crippen molar-refractivity contribution in [3.63, 3.8) is 0 Å². The fourth-order valence-electron chi connectivity index (χ4n) is 4.95. The highest BCUT2D eigenvalue weighted by molar-refractivity contribution is 5.92. The quantitative estimate of drug-likeness (QED) is 0.805. The molecular weight excluding hydrogens is 342 g/mol. The molecule has 0 bridgehead atoms. The molecule has 0 N–H and O–H groups in total. The fraction of sp³-hybridized carbons (Fsp3) is 0.750. The third kappa shape index (κ3) is 3.61. The first-order valence-electron chi connectivity index (χ1n) is 10.3. The SMILES string of the molecule is CCn1ccc(C(=O)N2CCC3(CCC(=O)N([C@@H]4CCN(C)C4)C3)CC2)n1.